The molecule has 4 N–H and O–H groups in total. The number of rotatable bonds is 8. The van der Waals surface area contributed by atoms with E-state index in [2.05, 4.69) is 21.8 Å². The number of nitrogen functional groups attached to an aromatic ring is 1. The number of nitrogens with one attached hydrogen (secondary N) is 2. The summed E-state index contributed by atoms with van der Waals surface area (Å²) in [7, 11) is 0. The van der Waals surface area contributed by atoms with Gasteiger partial charge < -0.3 is 21.3 Å². The molecule has 182 valence electrons. The van der Waals surface area contributed by atoms with Gasteiger partial charge in [-0.15, -0.1) is 0 Å². The number of aryl methyl sites for hydroxylation is 1. The largest absolute Gasteiger partial charge is 0.382 e. The Bertz CT molecular complexity index is 1220. The molecule has 0 radical (unpaired) electrons. The number of nitrogens with two attached hydrogens (primary N) is 1. The van der Waals surface area contributed by atoms with Gasteiger partial charge in [-0.05, 0) is 49.4 Å². The molecule has 8 nitrogen and oxygen atoms in total. The molecule has 35 heavy (non-hydrogen) atoms. The third-order valence-electron chi connectivity index (χ3n) is 6.09. The Hall–Kier alpha value is -4.13. The van der Waals surface area contributed by atoms with Crippen LogP contribution in [0.3, 0.4) is 0 Å². The molecular formula is C25H27F2N7O. The summed E-state index contributed by atoms with van der Waals surface area (Å²) >= 11 is 0. The topological polar surface area (TPSA) is 112 Å². The molecule has 1 unspecified atom stereocenters. The van der Waals surface area contributed by atoms with Gasteiger partial charge in [0.2, 0.25) is 0 Å². The third-order valence-corrected chi connectivity index (χ3v) is 6.09. The molecule has 0 aliphatic carbocycles. The smallest absolute Gasteiger partial charge is 0.314 e. The highest BCUT2D eigenvalue weighted by Crippen LogP contribution is 2.25. The minimum Gasteiger partial charge on any atom is -0.382 e. The van der Waals surface area contributed by atoms with Gasteiger partial charge in [-0.2, -0.15) is 10.4 Å². The van der Waals surface area contributed by atoms with Crippen molar-refractivity contribution >= 4 is 17.5 Å². The number of benzene rings is 2. The van der Waals surface area contributed by atoms with Crippen LogP contribution in [0.15, 0.2) is 48.5 Å². The van der Waals surface area contributed by atoms with Crippen molar-refractivity contribution in [2.75, 3.05) is 36.8 Å². The molecule has 4 rings (SSSR count). The van der Waals surface area contributed by atoms with Crippen LogP contribution in [0.2, 0.25) is 0 Å². The van der Waals surface area contributed by atoms with Gasteiger partial charge in [0, 0.05) is 37.9 Å². The van der Waals surface area contributed by atoms with Gasteiger partial charge in [-0.3, -0.25) is 0 Å². The van der Waals surface area contributed by atoms with Crippen LogP contribution in [0.1, 0.15) is 24.1 Å². The zero-order valence-corrected chi connectivity index (χ0v) is 19.2. The van der Waals surface area contributed by atoms with Crippen molar-refractivity contribution in [2.45, 2.75) is 19.3 Å². The molecule has 1 fully saturated rings. The highest BCUT2D eigenvalue weighted by molar-refractivity contribution is 5.73. The lowest BCUT2D eigenvalue weighted by Gasteiger charge is -2.19. The van der Waals surface area contributed by atoms with Crippen LogP contribution >= 0.6 is 0 Å². The quantitative estimate of drug-likeness (QED) is 0.429. The van der Waals surface area contributed by atoms with Gasteiger partial charge >= 0.3 is 6.03 Å². The van der Waals surface area contributed by atoms with E-state index < -0.39 is 11.6 Å². The minimum atomic E-state index is -0.861. The number of halogens is 2. The number of anilines is 2. The molecule has 2 aromatic carbocycles. The lowest BCUT2D eigenvalue weighted by Crippen LogP contribution is -2.39. The summed E-state index contributed by atoms with van der Waals surface area (Å²) < 4.78 is 28.2. The molecule has 0 saturated carbocycles. The van der Waals surface area contributed by atoms with Crippen molar-refractivity contribution in [3.8, 4) is 11.8 Å². The van der Waals surface area contributed by atoms with Crippen LogP contribution in [0.25, 0.3) is 5.69 Å². The number of aromatic nitrogens is 2. The van der Waals surface area contributed by atoms with Crippen molar-refractivity contribution in [3.05, 3.63) is 71.4 Å². The van der Waals surface area contributed by atoms with Crippen LogP contribution in [0, 0.1) is 28.9 Å². The van der Waals surface area contributed by atoms with E-state index in [9.17, 15) is 18.8 Å². The number of urea groups is 1. The van der Waals surface area contributed by atoms with E-state index in [1.807, 2.05) is 35.2 Å². The number of carbonyl (C=O) groups excluding carboxylic acids is 1. The van der Waals surface area contributed by atoms with Crippen LogP contribution in [0.4, 0.5) is 25.1 Å². The summed E-state index contributed by atoms with van der Waals surface area (Å²) in [6.45, 7) is 2.29. The Labute approximate surface area is 202 Å². The molecule has 2 heterocycles. The van der Waals surface area contributed by atoms with E-state index in [-0.39, 0.29) is 11.9 Å². The summed E-state index contributed by atoms with van der Waals surface area (Å²) in [5, 5.41) is 19.7. The van der Waals surface area contributed by atoms with Crippen molar-refractivity contribution in [1.29, 1.82) is 5.26 Å². The second kappa shape index (κ2) is 10.9. The number of amides is 2. The highest BCUT2D eigenvalue weighted by atomic mass is 19.2. The van der Waals surface area contributed by atoms with E-state index in [1.165, 1.54) is 6.07 Å². The van der Waals surface area contributed by atoms with Crippen LogP contribution in [-0.4, -0.2) is 42.0 Å². The SMILES string of the molecule is N#Cc1c(CCCNC(=O)NCC2CCN(c3ccc(F)c(F)c3)C2)nn(-c2ccccc2)c1N. The summed E-state index contributed by atoms with van der Waals surface area (Å²) in [6, 6.07) is 15.1. The zero-order chi connectivity index (χ0) is 24.8. The second-order valence-electron chi connectivity index (χ2n) is 8.51. The Kier molecular flexibility index (Phi) is 7.45. The molecule has 1 aliphatic rings. The summed E-state index contributed by atoms with van der Waals surface area (Å²) in [5.41, 5.74) is 8.49. The fraction of sp³-hybridized carbons (Fsp3) is 0.320. The minimum absolute atomic E-state index is 0.219. The lowest BCUT2D eigenvalue weighted by molar-refractivity contribution is 0.239. The fourth-order valence-corrected chi connectivity index (χ4v) is 4.21. The first-order chi connectivity index (χ1) is 17.0. The molecule has 10 heteroatoms. The number of nitriles is 1. The number of hydrogen-bond donors (Lipinski definition) is 3. The lowest BCUT2D eigenvalue weighted by atomic mass is 10.1. The maximum atomic E-state index is 13.5. The summed E-state index contributed by atoms with van der Waals surface area (Å²) in [4.78, 5) is 14.2. The molecule has 1 aromatic heterocycles. The molecule has 2 amide bonds. The number of carbonyl (C=O) groups is 1. The van der Waals surface area contributed by atoms with Crippen molar-refractivity contribution in [2.24, 2.45) is 5.92 Å². The number of nitrogens with zero attached hydrogens (tertiary/aromatic N) is 4. The van der Waals surface area contributed by atoms with Crippen LogP contribution < -0.4 is 21.3 Å². The Morgan fingerprint density at radius 3 is 2.69 bits per heavy atom. The van der Waals surface area contributed by atoms with Crippen molar-refractivity contribution in [1.82, 2.24) is 20.4 Å². The average molecular weight is 480 g/mol. The van der Waals surface area contributed by atoms with Crippen molar-refractivity contribution < 1.29 is 13.6 Å². The molecule has 3 aromatic rings. The van der Waals surface area contributed by atoms with Gasteiger partial charge in [0.15, 0.2) is 11.6 Å². The van der Waals surface area contributed by atoms with Crippen molar-refractivity contribution in [3.63, 3.8) is 0 Å². The molecular weight excluding hydrogens is 452 g/mol. The van der Waals surface area contributed by atoms with E-state index in [0.29, 0.717) is 55.2 Å². The van der Waals surface area contributed by atoms with Gasteiger partial charge in [0.25, 0.3) is 0 Å². The summed E-state index contributed by atoms with van der Waals surface area (Å²) in [5.74, 6) is -1.20. The Balaban J connectivity index is 1.20. The monoisotopic (exact) mass is 479 g/mol. The maximum Gasteiger partial charge on any atom is 0.314 e. The van der Waals surface area contributed by atoms with E-state index in [1.54, 1.807) is 10.7 Å². The fourth-order valence-electron chi connectivity index (χ4n) is 4.21. The average Bonchev–Trinajstić information content (AvgIpc) is 3.47. The van der Waals surface area contributed by atoms with E-state index >= 15 is 0 Å². The number of hydrogen-bond acceptors (Lipinski definition) is 5. The third kappa shape index (κ3) is 5.69. The predicted molar refractivity (Wildman–Crippen MR) is 129 cm³/mol. The molecule has 0 bridgehead atoms. The van der Waals surface area contributed by atoms with E-state index in [0.717, 1.165) is 24.7 Å². The second-order valence-corrected chi connectivity index (χ2v) is 8.51. The summed E-state index contributed by atoms with van der Waals surface area (Å²) in [6.07, 6.45) is 1.95. The first-order valence-corrected chi connectivity index (χ1v) is 11.5. The molecule has 1 saturated heterocycles. The van der Waals surface area contributed by atoms with Crippen LogP contribution in [0.5, 0.6) is 0 Å². The first kappa shape index (κ1) is 24.0. The highest BCUT2D eigenvalue weighted by Gasteiger charge is 2.24. The zero-order valence-electron chi connectivity index (χ0n) is 19.2. The predicted octanol–water partition coefficient (Wildman–Crippen LogP) is 3.36. The van der Waals surface area contributed by atoms with Gasteiger partial charge in [0.1, 0.15) is 17.5 Å². The van der Waals surface area contributed by atoms with Gasteiger partial charge in [-0.25, -0.2) is 18.3 Å². The van der Waals surface area contributed by atoms with E-state index in [4.69, 9.17) is 5.73 Å². The first-order valence-electron chi connectivity index (χ1n) is 11.5. The Morgan fingerprint density at radius 2 is 1.94 bits per heavy atom. The number of para-hydroxylation sites is 1. The maximum absolute atomic E-state index is 13.5. The molecule has 1 aliphatic heterocycles. The van der Waals surface area contributed by atoms with Crippen LogP contribution in [-0.2, 0) is 6.42 Å². The Morgan fingerprint density at radius 1 is 1.14 bits per heavy atom. The van der Waals surface area contributed by atoms with Gasteiger partial charge in [-0.1, -0.05) is 18.2 Å². The standard InChI is InChI=1S/C25H27F2N7O/c26-21-9-8-19(13-22(21)27)33-12-10-17(16-33)15-31-25(35)30-11-4-7-23-20(14-28)24(29)34(32-23)18-5-2-1-3-6-18/h1-3,5-6,8-9,13,17H,4,7,10-12,15-16,29H2,(H2,30,31,35). The molecule has 0 spiro atoms. The normalized spacial score (nSPS) is 15.1. The molecule has 1 atom stereocenters. The van der Waals surface area contributed by atoms with Gasteiger partial charge in [0.05, 0.1) is 11.4 Å².